The second-order valence-corrected chi connectivity index (χ2v) is 5.74. The molecule has 104 valence electrons. The molecule has 0 aliphatic carbocycles. The van der Waals surface area contributed by atoms with Gasteiger partial charge in [-0.05, 0) is 43.4 Å². The number of hydrogen-bond donors (Lipinski definition) is 3. The Morgan fingerprint density at radius 3 is 3.00 bits per heavy atom. The molecular formula is C15H22N2O2. The van der Waals surface area contributed by atoms with Gasteiger partial charge in [0.05, 0.1) is 5.56 Å². The molecular weight excluding hydrogens is 240 g/mol. The van der Waals surface area contributed by atoms with E-state index >= 15 is 0 Å². The lowest BCUT2D eigenvalue weighted by atomic mass is 9.83. The van der Waals surface area contributed by atoms with Crippen LogP contribution < -0.4 is 10.6 Å². The molecule has 1 aliphatic heterocycles. The van der Waals surface area contributed by atoms with Crippen LogP contribution in [0.3, 0.4) is 0 Å². The molecule has 1 heterocycles. The van der Waals surface area contributed by atoms with E-state index in [1.54, 1.807) is 25.1 Å². The molecule has 2 rings (SSSR count). The SMILES string of the molecule is Cc1cccc(C(=O)NCC2(C)CCCNC2)c1O. The average Bonchev–Trinajstić information content (AvgIpc) is 2.40. The highest BCUT2D eigenvalue weighted by Gasteiger charge is 2.27. The molecule has 0 saturated carbocycles. The lowest BCUT2D eigenvalue weighted by molar-refractivity contribution is 0.0922. The molecule has 0 spiro atoms. The summed E-state index contributed by atoms with van der Waals surface area (Å²) in [4.78, 5) is 12.1. The minimum absolute atomic E-state index is 0.0759. The van der Waals surface area contributed by atoms with Crippen LogP contribution in [0, 0.1) is 12.3 Å². The standard InChI is InChI=1S/C15H22N2O2/c1-11-5-3-6-12(13(11)18)14(19)17-10-15(2)7-4-8-16-9-15/h3,5-6,16,18H,4,7-10H2,1-2H3,(H,17,19). The van der Waals surface area contributed by atoms with Gasteiger partial charge in [-0.3, -0.25) is 4.79 Å². The normalized spacial score (nSPS) is 23.1. The third-order valence-electron chi connectivity index (χ3n) is 3.84. The zero-order valence-corrected chi connectivity index (χ0v) is 11.6. The van der Waals surface area contributed by atoms with Gasteiger partial charge in [0, 0.05) is 13.1 Å². The average molecular weight is 262 g/mol. The summed E-state index contributed by atoms with van der Waals surface area (Å²) in [6.45, 7) is 6.58. The molecule has 1 unspecified atom stereocenters. The Morgan fingerprint density at radius 2 is 2.32 bits per heavy atom. The highest BCUT2D eigenvalue weighted by atomic mass is 16.3. The molecule has 3 N–H and O–H groups in total. The van der Waals surface area contributed by atoms with E-state index in [2.05, 4.69) is 17.6 Å². The fraction of sp³-hybridized carbons (Fsp3) is 0.533. The largest absolute Gasteiger partial charge is 0.507 e. The van der Waals surface area contributed by atoms with Crippen LogP contribution in [-0.2, 0) is 0 Å². The summed E-state index contributed by atoms with van der Waals surface area (Å²) in [7, 11) is 0. The fourth-order valence-corrected chi connectivity index (χ4v) is 2.50. The zero-order chi connectivity index (χ0) is 13.9. The van der Waals surface area contributed by atoms with E-state index in [1.165, 1.54) is 0 Å². The van der Waals surface area contributed by atoms with Gasteiger partial charge in [-0.1, -0.05) is 19.1 Å². The van der Waals surface area contributed by atoms with Crippen LogP contribution in [0.4, 0.5) is 0 Å². The van der Waals surface area contributed by atoms with Crippen LogP contribution in [0.2, 0.25) is 0 Å². The van der Waals surface area contributed by atoms with E-state index in [4.69, 9.17) is 0 Å². The molecule has 1 saturated heterocycles. The van der Waals surface area contributed by atoms with Crippen LogP contribution in [0.15, 0.2) is 18.2 Å². The molecule has 0 radical (unpaired) electrons. The second kappa shape index (κ2) is 5.61. The number of aryl methyl sites for hydroxylation is 1. The number of rotatable bonds is 3. The number of amides is 1. The van der Waals surface area contributed by atoms with Gasteiger partial charge in [0.15, 0.2) is 0 Å². The number of aromatic hydroxyl groups is 1. The summed E-state index contributed by atoms with van der Waals surface area (Å²) in [5, 5.41) is 16.2. The van der Waals surface area contributed by atoms with Gasteiger partial charge in [0.2, 0.25) is 0 Å². The predicted octanol–water partition coefficient (Wildman–Crippen LogP) is 1.82. The number of para-hydroxylation sites is 1. The van der Waals surface area contributed by atoms with Crippen LogP contribution in [0.1, 0.15) is 35.7 Å². The molecule has 4 heteroatoms. The number of carbonyl (C=O) groups is 1. The Balaban J connectivity index is 1.99. The molecule has 19 heavy (non-hydrogen) atoms. The number of carbonyl (C=O) groups excluding carboxylic acids is 1. The van der Waals surface area contributed by atoms with E-state index in [0.29, 0.717) is 12.1 Å². The van der Waals surface area contributed by atoms with Crippen LogP contribution in [0.5, 0.6) is 5.75 Å². The van der Waals surface area contributed by atoms with Crippen LogP contribution >= 0.6 is 0 Å². The molecule has 1 amide bonds. The number of nitrogens with one attached hydrogen (secondary N) is 2. The minimum atomic E-state index is -0.201. The molecule has 1 aromatic rings. The molecule has 1 aliphatic rings. The van der Waals surface area contributed by atoms with Crippen molar-refractivity contribution >= 4 is 5.91 Å². The topological polar surface area (TPSA) is 61.4 Å². The quantitative estimate of drug-likeness (QED) is 0.778. The summed E-state index contributed by atoms with van der Waals surface area (Å²) in [6.07, 6.45) is 2.25. The van der Waals surface area contributed by atoms with Crippen molar-refractivity contribution in [1.29, 1.82) is 0 Å². The first-order chi connectivity index (χ1) is 9.02. The summed E-state index contributed by atoms with van der Waals surface area (Å²) < 4.78 is 0. The summed E-state index contributed by atoms with van der Waals surface area (Å²) in [5.41, 5.74) is 1.18. The number of benzene rings is 1. The van der Waals surface area contributed by atoms with Crippen molar-refractivity contribution in [3.8, 4) is 5.75 Å². The van der Waals surface area contributed by atoms with Crippen molar-refractivity contribution < 1.29 is 9.90 Å². The monoisotopic (exact) mass is 262 g/mol. The second-order valence-electron chi connectivity index (χ2n) is 5.74. The third kappa shape index (κ3) is 3.26. The Morgan fingerprint density at radius 1 is 1.53 bits per heavy atom. The number of phenolic OH excluding ortho intramolecular Hbond substituents is 1. The first-order valence-corrected chi connectivity index (χ1v) is 6.79. The number of piperidine rings is 1. The predicted molar refractivity (Wildman–Crippen MR) is 75.4 cm³/mol. The Bertz CT molecular complexity index is 465. The van der Waals surface area contributed by atoms with Gasteiger partial charge in [-0.15, -0.1) is 0 Å². The third-order valence-corrected chi connectivity index (χ3v) is 3.84. The van der Waals surface area contributed by atoms with Gasteiger partial charge in [0.25, 0.3) is 5.91 Å². The highest BCUT2D eigenvalue weighted by molar-refractivity contribution is 5.97. The zero-order valence-electron chi connectivity index (χ0n) is 11.6. The van der Waals surface area contributed by atoms with E-state index in [9.17, 15) is 9.90 Å². The summed E-state index contributed by atoms with van der Waals surface area (Å²) in [5.74, 6) is -0.125. The number of hydrogen-bond acceptors (Lipinski definition) is 3. The van der Waals surface area contributed by atoms with Gasteiger partial charge in [0.1, 0.15) is 5.75 Å². The first kappa shape index (κ1) is 13.9. The van der Waals surface area contributed by atoms with Crippen molar-refractivity contribution in [2.24, 2.45) is 5.41 Å². The maximum atomic E-state index is 12.1. The fourth-order valence-electron chi connectivity index (χ4n) is 2.50. The molecule has 4 nitrogen and oxygen atoms in total. The van der Waals surface area contributed by atoms with Crippen molar-refractivity contribution in [2.75, 3.05) is 19.6 Å². The first-order valence-electron chi connectivity index (χ1n) is 6.79. The summed E-state index contributed by atoms with van der Waals surface area (Å²) >= 11 is 0. The lowest BCUT2D eigenvalue weighted by Gasteiger charge is -2.34. The maximum absolute atomic E-state index is 12.1. The summed E-state index contributed by atoms with van der Waals surface area (Å²) in [6, 6.07) is 5.23. The highest BCUT2D eigenvalue weighted by Crippen LogP contribution is 2.25. The van der Waals surface area contributed by atoms with Crippen molar-refractivity contribution in [1.82, 2.24) is 10.6 Å². The van der Waals surface area contributed by atoms with Crippen molar-refractivity contribution in [3.63, 3.8) is 0 Å². The van der Waals surface area contributed by atoms with Gasteiger partial charge in [-0.2, -0.15) is 0 Å². The molecule has 0 aromatic heterocycles. The van der Waals surface area contributed by atoms with E-state index in [1.807, 2.05) is 0 Å². The Kier molecular flexibility index (Phi) is 4.10. The minimum Gasteiger partial charge on any atom is -0.507 e. The van der Waals surface area contributed by atoms with Crippen molar-refractivity contribution in [3.05, 3.63) is 29.3 Å². The van der Waals surface area contributed by atoms with Crippen molar-refractivity contribution in [2.45, 2.75) is 26.7 Å². The van der Waals surface area contributed by atoms with E-state index < -0.39 is 0 Å². The molecule has 1 aromatic carbocycles. The number of phenols is 1. The van der Waals surface area contributed by atoms with E-state index in [-0.39, 0.29) is 17.1 Å². The molecule has 1 atom stereocenters. The van der Waals surface area contributed by atoms with E-state index in [0.717, 1.165) is 31.5 Å². The Labute approximate surface area is 114 Å². The van der Waals surface area contributed by atoms with Gasteiger partial charge >= 0.3 is 0 Å². The van der Waals surface area contributed by atoms with Crippen LogP contribution in [0.25, 0.3) is 0 Å². The Hall–Kier alpha value is -1.55. The lowest BCUT2D eigenvalue weighted by Crippen LogP contribution is -2.45. The molecule has 1 fully saturated rings. The molecule has 0 bridgehead atoms. The van der Waals surface area contributed by atoms with Gasteiger partial charge in [-0.25, -0.2) is 0 Å². The van der Waals surface area contributed by atoms with Gasteiger partial charge < -0.3 is 15.7 Å². The van der Waals surface area contributed by atoms with Crippen LogP contribution in [-0.4, -0.2) is 30.6 Å². The maximum Gasteiger partial charge on any atom is 0.255 e. The smallest absolute Gasteiger partial charge is 0.255 e.